The van der Waals surface area contributed by atoms with Gasteiger partial charge in [0.2, 0.25) is 0 Å². The van der Waals surface area contributed by atoms with Gasteiger partial charge in [-0.3, -0.25) is 9.69 Å². The van der Waals surface area contributed by atoms with Crippen LogP contribution in [-0.4, -0.2) is 36.0 Å². The number of ether oxygens (including phenoxy) is 1. The maximum Gasteiger partial charge on any atom is 0.260 e. The van der Waals surface area contributed by atoms with Crippen LogP contribution in [-0.2, 0) is 17.6 Å². The van der Waals surface area contributed by atoms with E-state index in [1.807, 2.05) is 6.07 Å². The Balaban J connectivity index is 1.56. The lowest BCUT2D eigenvalue weighted by Crippen LogP contribution is -2.47. The summed E-state index contributed by atoms with van der Waals surface area (Å²) in [6, 6.07) is 6.30. The van der Waals surface area contributed by atoms with Gasteiger partial charge in [-0.1, -0.05) is 44.2 Å². The number of nitrogens with two attached hydrogens (primary N) is 1. The molecule has 27 heavy (non-hydrogen) atoms. The van der Waals surface area contributed by atoms with Crippen LogP contribution in [0.25, 0.3) is 0 Å². The lowest BCUT2D eigenvalue weighted by Gasteiger charge is -2.31. The van der Waals surface area contributed by atoms with Crippen LogP contribution in [0.2, 0.25) is 0 Å². The number of aryl methyl sites for hydroxylation is 1. The molecule has 0 bridgehead atoms. The maximum atomic E-state index is 13.1. The Kier molecular flexibility index (Phi) is 5.11. The number of fused-ring (bicyclic) bond motifs is 1. The first-order chi connectivity index (χ1) is 13.1. The number of rotatable bonds is 5. The van der Waals surface area contributed by atoms with Crippen molar-refractivity contribution in [1.82, 2.24) is 4.90 Å². The minimum atomic E-state index is -0.863. The molecule has 1 unspecified atom stereocenters. The molecule has 2 N–H and O–H groups in total. The zero-order valence-corrected chi connectivity index (χ0v) is 16.4. The monoisotopic (exact) mass is 369 g/mol. The van der Waals surface area contributed by atoms with Crippen LogP contribution in [0.1, 0.15) is 62.5 Å². The Bertz CT molecular complexity index is 739. The summed E-state index contributed by atoms with van der Waals surface area (Å²) in [5.41, 5.74) is 7.87. The zero-order chi connectivity index (χ0) is 18.9. The Labute approximate surface area is 162 Å². The third-order valence-electron chi connectivity index (χ3n) is 6.55. The molecular formula is C22H31N3O2. The van der Waals surface area contributed by atoms with Gasteiger partial charge in [0, 0.05) is 7.05 Å². The van der Waals surface area contributed by atoms with Crippen molar-refractivity contribution in [2.24, 2.45) is 16.6 Å². The van der Waals surface area contributed by atoms with E-state index in [9.17, 15) is 4.79 Å². The fourth-order valence-corrected chi connectivity index (χ4v) is 4.99. The summed E-state index contributed by atoms with van der Waals surface area (Å²) in [6.45, 7) is 0.282. The van der Waals surface area contributed by atoms with Crippen molar-refractivity contribution in [3.05, 3.63) is 29.3 Å². The Morgan fingerprint density at radius 1 is 1.19 bits per heavy atom. The van der Waals surface area contributed by atoms with Crippen molar-refractivity contribution in [1.29, 1.82) is 0 Å². The molecule has 1 atom stereocenters. The first-order valence-electron chi connectivity index (χ1n) is 10.5. The lowest BCUT2D eigenvalue weighted by molar-refractivity contribution is -0.132. The van der Waals surface area contributed by atoms with E-state index >= 15 is 0 Å². The van der Waals surface area contributed by atoms with Crippen LogP contribution in [0, 0.1) is 5.92 Å². The van der Waals surface area contributed by atoms with E-state index < -0.39 is 5.54 Å². The Morgan fingerprint density at radius 2 is 1.96 bits per heavy atom. The van der Waals surface area contributed by atoms with Gasteiger partial charge in [-0.05, 0) is 55.2 Å². The highest BCUT2D eigenvalue weighted by Crippen LogP contribution is 2.37. The minimum absolute atomic E-state index is 0.0182. The molecule has 0 aromatic heterocycles. The topological polar surface area (TPSA) is 67.9 Å². The number of carbonyl (C=O) groups is 1. The highest BCUT2D eigenvalue weighted by atomic mass is 16.5. The molecule has 1 fully saturated rings. The van der Waals surface area contributed by atoms with E-state index in [-0.39, 0.29) is 12.5 Å². The quantitative estimate of drug-likeness (QED) is 0.864. The molecular weight excluding hydrogens is 338 g/mol. The molecule has 5 nitrogen and oxygen atoms in total. The van der Waals surface area contributed by atoms with Crippen molar-refractivity contribution < 1.29 is 9.53 Å². The number of hydrogen-bond acceptors (Lipinski definition) is 4. The van der Waals surface area contributed by atoms with E-state index in [2.05, 4.69) is 17.1 Å². The van der Waals surface area contributed by atoms with E-state index in [0.29, 0.717) is 11.9 Å². The number of aliphatic imine (C=N–C) groups is 1. The SMILES string of the molecule is CN1C(=O)C(COc2cccc3c2CCCC3)(CC2CCCCC2)N=C1N. The zero-order valence-electron chi connectivity index (χ0n) is 16.4. The van der Waals surface area contributed by atoms with Crippen LogP contribution in [0.15, 0.2) is 23.2 Å². The molecule has 5 heteroatoms. The number of guanidine groups is 1. The van der Waals surface area contributed by atoms with E-state index in [1.165, 1.54) is 61.0 Å². The lowest BCUT2D eigenvalue weighted by atomic mass is 9.79. The summed E-state index contributed by atoms with van der Waals surface area (Å²) in [4.78, 5) is 19.2. The molecule has 2 aliphatic carbocycles. The maximum absolute atomic E-state index is 13.1. The highest BCUT2D eigenvalue weighted by Gasteiger charge is 2.48. The number of benzene rings is 1. The van der Waals surface area contributed by atoms with E-state index in [0.717, 1.165) is 25.0 Å². The molecule has 3 aliphatic rings. The van der Waals surface area contributed by atoms with Crippen molar-refractivity contribution in [2.75, 3.05) is 13.7 Å². The van der Waals surface area contributed by atoms with Crippen molar-refractivity contribution in [3.63, 3.8) is 0 Å². The predicted octanol–water partition coefficient (Wildman–Crippen LogP) is 3.44. The molecule has 0 spiro atoms. The smallest absolute Gasteiger partial charge is 0.260 e. The number of amides is 1. The van der Waals surface area contributed by atoms with Crippen LogP contribution < -0.4 is 10.5 Å². The van der Waals surface area contributed by atoms with Gasteiger partial charge in [-0.2, -0.15) is 0 Å². The van der Waals surface area contributed by atoms with E-state index in [1.54, 1.807) is 7.05 Å². The molecule has 1 saturated carbocycles. The van der Waals surface area contributed by atoms with Crippen molar-refractivity contribution in [3.8, 4) is 5.75 Å². The first-order valence-corrected chi connectivity index (χ1v) is 10.5. The second-order valence-corrected chi connectivity index (χ2v) is 8.46. The summed E-state index contributed by atoms with van der Waals surface area (Å²) in [7, 11) is 1.72. The number of likely N-dealkylation sites (N-methyl/N-ethyl adjacent to an activating group) is 1. The Morgan fingerprint density at radius 3 is 2.70 bits per heavy atom. The average molecular weight is 370 g/mol. The average Bonchev–Trinajstić information content (AvgIpc) is 2.91. The molecule has 0 saturated heterocycles. The molecule has 4 rings (SSSR count). The van der Waals surface area contributed by atoms with Gasteiger partial charge in [0.05, 0.1) is 0 Å². The van der Waals surface area contributed by atoms with Gasteiger partial charge in [0.25, 0.3) is 5.91 Å². The second-order valence-electron chi connectivity index (χ2n) is 8.46. The predicted molar refractivity (Wildman–Crippen MR) is 107 cm³/mol. The van der Waals surface area contributed by atoms with Crippen molar-refractivity contribution in [2.45, 2.75) is 69.7 Å². The normalized spacial score (nSPS) is 26.0. The number of carbonyl (C=O) groups excluding carboxylic acids is 1. The molecule has 1 amide bonds. The third-order valence-corrected chi connectivity index (χ3v) is 6.55. The summed E-state index contributed by atoms with van der Waals surface area (Å²) < 4.78 is 6.29. The fraction of sp³-hybridized carbons (Fsp3) is 0.636. The van der Waals surface area contributed by atoms with Crippen LogP contribution in [0.3, 0.4) is 0 Å². The van der Waals surface area contributed by atoms with Crippen LogP contribution in [0.4, 0.5) is 0 Å². The highest BCUT2D eigenvalue weighted by molar-refractivity contribution is 6.06. The van der Waals surface area contributed by atoms with E-state index in [4.69, 9.17) is 10.5 Å². The summed E-state index contributed by atoms with van der Waals surface area (Å²) in [6.07, 6.45) is 11.5. The molecule has 1 aromatic rings. The van der Waals surface area contributed by atoms with Gasteiger partial charge in [-0.25, -0.2) is 4.99 Å². The van der Waals surface area contributed by atoms with Crippen LogP contribution in [0.5, 0.6) is 5.75 Å². The van der Waals surface area contributed by atoms with Crippen molar-refractivity contribution >= 4 is 11.9 Å². The standard InChI is InChI=1S/C22H31N3O2/c1-25-20(26)22(24-21(25)23,14-16-8-3-2-4-9-16)15-27-19-13-7-11-17-10-5-6-12-18(17)19/h7,11,13,16H,2-6,8-10,12,14-15H2,1H3,(H2,23,24). The summed E-state index contributed by atoms with van der Waals surface area (Å²) in [5, 5.41) is 0. The van der Waals surface area contributed by atoms with Crippen LogP contribution >= 0.6 is 0 Å². The van der Waals surface area contributed by atoms with Gasteiger partial charge in [0.15, 0.2) is 11.5 Å². The van der Waals surface area contributed by atoms with Gasteiger partial charge in [0.1, 0.15) is 12.4 Å². The summed E-state index contributed by atoms with van der Waals surface area (Å²) >= 11 is 0. The molecule has 146 valence electrons. The largest absolute Gasteiger partial charge is 0.490 e. The number of hydrogen-bond donors (Lipinski definition) is 1. The molecule has 1 aromatic carbocycles. The van der Waals surface area contributed by atoms with Gasteiger partial charge < -0.3 is 10.5 Å². The number of nitrogens with zero attached hydrogens (tertiary/aromatic N) is 2. The molecule has 1 aliphatic heterocycles. The first kappa shape index (κ1) is 18.3. The minimum Gasteiger partial charge on any atom is -0.490 e. The molecule has 0 radical (unpaired) electrons. The Hall–Kier alpha value is -2.04. The van der Waals surface area contributed by atoms with Gasteiger partial charge in [-0.15, -0.1) is 0 Å². The second kappa shape index (κ2) is 7.53. The molecule has 1 heterocycles. The third kappa shape index (κ3) is 3.56. The van der Waals surface area contributed by atoms with Gasteiger partial charge >= 0.3 is 0 Å². The fourth-order valence-electron chi connectivity index (χ4n) is 4.99. The summed E-state index contributed by atoms with van der Waals surface area (Å²) in [5.74, 6) is 1.75.